The molecule has 11 heavy (non-hydrogen) atoms. The number of carbonyl (C=O) groups is 1. The molecule has 0 saturated heterocycles. The molecular weight excluding hydrogens is 144 g/mol. The number of rotatable bonds is 5. The second-order valence-electron chi connectivity index (χ2n) is 3.18. The lowest BCUT2D eigenvalue weighted by atomic mass is 10.0. The molecule has 0 aliphatic heterocycles. The first-order chi connectivity index (χ1) is 5.06. The zero-order valence-corrected chi connectivity index (χ0v) is 7.08. The fourth-order valence-corrected chi connectivity index (χ4v) is 0.866. The van der Waals surface area contributed by atoms with E-state index in [2.05, 4.69) is 0 Å². The molecular formula is C8H16O3. The Morgan fingerprint density at radius 1 is 1.36 bits per heavy atom. The van der Waals surface area contributed by atoms with E-state index in [0.717, 1.165) is 0 Å². The largest absolute Gasteiger partial charge is 0.394 e. The van der Waals surface area contributed by atoms with Crippen LogP contribution in [0, 0.1) is 5.92 Å². The number of Topliss-reactive ketones (excluding diaryl/α,β-unsaturated/α-hetero) is 1. The average molecular weight is 160 g/mol. The van der Waals surface area contributed by atoms with Gasteiger partial charge in [-0.1, -0.05) is 13.8 Å². The van der Waals surface area contributed by atoms with Crippen LogP contribution in [0.4, 0.5) is 0 Å². The predicted octanol–water partition coefficient (Wildman–Crippen LogP) is 0.345. The summed E-state index contributed by atoms with van der Waals surface area (Å²) in [6.45, 7) is 3.57. The van der Waals surface area contributed by atoms with E-state index in [1.54, 1.807) is 0 Å². The van der Waals surface area contributed by atoms with Crippen molar-refractivity contribution in [2.24, 2.45) is 5.92 Å². The standard InChI is InChI=1S/C8H16O3/c1-6(2)3-7(10)4-8(11)5-9/h6,8-9,11H,3-5H2,1-2H3. The zero-order chi connectivity index (χ0) is 8.85. The monoisotopic (exact) mass is 160 g/mol. The molecule has 0 fully saturated rings. The van der Waals surface area contributed by atoms with Crippen LogP contribution in [0.5, 0.6) is 0 Å². The van der Waals surface area contributed by atoms with Crippen LogP contribution < -0.4 is 0 Å². The van der Waals surface area contributed by atoms with Crippen LogP contribution in [0.25, 0.3) is 0 Å². The molecule has 66 valence electrons. The second-order valence-corrected chi connectivity index (χ2v) is 3.18. The highest BCUT2D eigenvalue weighted by atomic mass is 16.3. The Labute approximate surface area is 67.0 Å². The molecule has 1 atom stereocenters. The Kier molecular flexibility index (Phi) is 5.07. The highest BCUT2D eigenvalue weighted by Gasteiger charge is 2.10. The summed E-state index contributed by atoms with van der Waals surface area (Å²) in [5.74, 6) is 0.343. The molecule has 0 aliphatic carbocycles. The van der Waals surface area contributed by atoms with Gasteiger partial charge in [-0.15, -0.1) is 0 Å². The highest BCUT2D eigenvalue weighted by molar-refractivity contribution is 5.79. The molecule has 0 saturated carbocycles. The first-order valence-electron chi connectivity index (χ1n) is 3.87. The quantitative estimate of drug-likeness (QED) is 0.610. The number of hydrogen-bond acceptors (Lipinski definition) is 3. The van der Waals surface area contributed by atoms with Crippen LogP contribution in [0.2, 0.25) is 0 Å². The van der Waals surface area contributed by atoms with Gasteiger partial charge in [-0.25, -0.2) is 0 Å². The van der Waals surface area contributed by atoms with Crippen LogP contribution >= 0.6 is 0 Å². The van der Waals surface area contributed by atoms with Gasteiger partial charge in [0.1, 0.15) is 5.78 Å². The van der Waals surface area contributed by atoms with Gasteiger partial charge >= 0.3 is 0 Å². The van der Waals surface area contributed by atoms with Crippen LogP contribution in [-0.2, 0) is 4.79 Å². The molecule has 0 spiro atoms. The fraction of sp³-hybridized carbons (Fsp3) is 0.875. The van der Waals surface area contributed by atoms with E-state index in [4.69, 9.17) is 10.2 Å². The van der Waals surface area contributed by atoms with Gasteiger partial charge in [-0.05, 0) is 5.92 Å². The fourth-order valence-electron chi connectivity index (χ4n) is 0.866. The molecule has 0 amide bonds. The molecule has 0 bridgehead atoms. The summed E-state index contributed by atoms with van der Waals surface area (Å²) in [7, 11) is 0. The molecule has 0 aromatic rings. The van der Waals surface area contributed by atoms with E-state index in [0.29, 0.717) is 12.3 Å². The van der Waals surface area contributed by atoms with Crippen molar-refractivity contribution in [2.75, 3.05) is 6.61 Å². The summed E-state index contributed by atoms with van der Waals surface area (Å²) in [5.41, 5.74) is 0. The van der Waals surface area contributed by atoms with E-state index < -0.39 is 6.10 Å². The molecule has 0 aliphatic rings. The lowest BCUT2D eigenvalue weighted by Crippen LogP contribution is -2.18. The minimum absolute atomic E-state index is 0.0153. The van der Waals surface area contributed by atoms with Crippen LogP contribution in [0.3, 0.4) is 0 Å². The molecule has 3 heteroatoms. The Hall–Kier alpha value is -0.410. The smallest absolute Gasteiger partial charge is 0.135 e. The Morgan fingerprint density at radius 3 is 2.27 bits per heavy atom. The number of aliphatic hydroxyl groups is 2. The maximum atomic E-state index is 11.0. The van der Waals surface area contributed by atoms with Gasteiger partial charge in [-0.3, -0.25) is 4.79 Å². The third-order valence-electron chi connectivity index (χ3n) is 1.31. The lowest BCUT2D eigenvalue weighted by Gasteiger charge is -2.06. The number of carbonyl (C=O) groups excluding carboxylic acids is 1. The summed E-state index contributed by atoms with van der Waals surface area (Å²) < 4.78 is 0. The van der Waals surface area contributed by atoms with Gasteiger partial charge in [0.15, 0.2) is 0 Å². The summed E-state index contributed by atoms with van der Waals surface area (Å²) in [5, 5.41) is 17.3. The zero-order valence-electron chi connectivity index (χ0n) is 7.08. The van der Waals surface area contributed by atoms with Gasteiger partial charge in [0.05, 0.1) is 12.7 Å². The summed E-state index contributed by atoms with van der Waals surface area (Å²) in [4.78, 5) is 11.0. The van der Waals surface area contributed by atoms with E-state index in [-0.39, 0.29) is 18.8 Å². The van der Waals surface area contributed by atoms with Gasteiger partial charge in [0.25, 0.3) is 0 Å². The molecule has 0 aromatic heterocycles. The molecule has 0 rings (SSSR count). The minimum atomic E-state index is -0.874. The van der Waals surface area contributed by atoms with Gasteiger partial charge in [0.2, 0.25) is 0 Å². The SMILES string of the molecule is CC(C)CC(=O)CC(O)CO. The average Bonchev–Trinajstić information content (AvgIpc) is 1.85. The van der Waals surface area contributed by atoms with E-state index in [1.165, 1.54) is 0 Å². The molecule has 2 N–H and O–H groups in total. The molecule has 0 aromatic carbocycles. The molecule has 3 nitrogen and oxygen atoms in total. The number of aliphatic hydroxyl groups excluding tert-OH is 2. The first-order valence-corrected chi connectivity index (χ1v) is 3.87. The maximum Gasteiger partial charge on any atom is 0.135 e. The van der Waals surface area contributed by atoms with Crippen molar-refractivity contribution < 1.29 is 15.0 Å². The van der Waals surface area contributed by atoms with Crippen molar-refractivity contribution in [1.82, 2.24) is 0 Å². The maximum absolute atomic E-state index is 11.0. The van der Waals surface area contributed by atoms with Crippen molar-refractivity contribution in [3.8, 4) is 0 Å². The minimum Gasteiger partial charge on any atom is -0.394 e. The van der Waals surface area contributed by atoms with Crippen LogP contribution in [0.15, 0.2) is 0 Å². The van der Waals surface area contributed by atoms with Crippen molar-refractivity contribution in [3.05, 3.63) is 0 Å². The normalized spacial score (nSPS) is 13.5. The lowest BCUT2D eigenvalue weighted by molar-refractivity contribution is -0.122. The van der Waals surface area contributed by atoms with Gasteiger partial charge in [0, 0.05) is 12.8 Å². The van der Waals surface area contributed by atoms with Crippen molar-refractivity contribution in [1.29, 1.82) is 0 Å². The van der Waals surface area contributed by atoms with Gasteiger partial charge < -0.3 is 10.2 Å². The Bertz CT molecular complexity index is 121. The van der Waals surface area contributed by atoms with E-state index in [9.17, 15) is 4.79 Å². The van der Waals surface area contributed by atoms with E-state index in [1.807, 2.05) is 13.8 Å². The third-order valence-corrected chi connectivity index (χ3v) is 1.31. The first kappa shape index (κ1) is 10.6. The van der Waals surface area contributed by atoms with Crippen LogP contribution in [0.1, 0.15) is 26.7 Å². The van der Waals surface area contributed by atoms with E-state index >= 15 is 0 Å². The molecule has 0 heterocycles. The van der Waals surface area contributed by atoms with Crippen LogP contribution in [-0.4, -0.2) is 28.7 Å². The number of hydrogen-bond donors (Lipinski definition) is 2. The van der Waals surface area contributed by atoms with Crippen molar-refractivity contribution >= 4 is 5.78 Å². The van der Waals surface area contributed by atoms with Crippen molar-refractivity contribution in [2.45, 2.75) is 32.8 Å². The summed E-state index contributed by atoms with van der Waals surface area (Å²) in [6.07, 6.45) is -0.313. The van der Waals surface area contributed by atoms with Gasteiger partial charge in [-0.2, -0.15) is 0 Å². The molecule has 1 unspecified atom stereocenters. The third kappa shape index (κ3) is 6.01. The Balaban J connectivity index is 3.52. The summed E-state index contributed by atoms with van der Waals surface area (Å²) in [6, 6.07) is 0. The summed E-state index contributed by atoms with van der Waals surface area (Å²) >= 11 is 0. The topological polar surface area (TPSA) is 57.5 Å². The highest BCUT2D eigenvalue weighted by Crippen LogP contribution is 2.04. The second kappa shape index (κ2) is 5.27. The van der Waals surface area contributed by atoms with Crippen molar-refractivity contribution in [3.63, 3.8) is 0 Å². The number of ketones is 1. The Morgan fingerprint density at radius 2 is 1.91 bits per heavy atom. The predicted molar refractivity (Wildman–Crippen MR) is 42.2 cm³/mol. The molecule has 0 radical (unpaired) electrons.